The van der Waals surface area contributed by atoms with Crippen molar-refractivity contribution in [1.82, 2.24) is 0 Å². The molecule has 0 bridgehead atoms. The molecule has 0 unspecified atom stereocenters. The number of carbonyl (C=O) groups is 1. The van der Waals surface area contributed by atoms with Crippen LogP contribution in [-0.4, -0.2) is 5.78 Å². The van der Waals surface area contributed by atoms with Crippen LogP contribution in [0.15, 0.2) is 41.7 Å². The Kier molecular flexibility index (Phi) is 3.46. The minimum atomic E-state index is -0.0474. The van der Waals surface area contributed by atoms with Gasteiger partial charge in [-0.25, -0.2) is 0 Å². The summed E-state index contributed by atoms with van der Waals surface area (Å²) in [5.41, 5.74) is 0.890. The second kappa shape index (κ2) is 4.61. The number of ether oxygens (including phenoxy) is 1. The molecule has 74 valence electrons. The molecule has 0 radical (unpaired) electrons. The maximum Gasteiger partial charge on any atom is 0.194 e. The summed E-state index contributed by atoms with van der Waals surface area (Å²) in [5, 5.41) is 0. The maximum atomic E-state index is 11.2. The van der Waals surface area contributed by atoms with E-state index in [0.29, 0.717) is 11.5 Å². The molecule has 0 spiro atoms. The molecule has 0 heterocycles. The lowest BCUT2D eigenvalue weighted by molar-refractivity contribution is -0.115. The van der Waals surface area contributed by atoms with E-state index in [0.717, 1.165) is 5.57 Å². The normalized spacial score (nSPS) is 9.36. The highest BCUT2D eigenvalue weighted by atomic mass is 16.5. The number of para-hydroxylation sites is 1. The summed E-state index contributed by atoms with van der Waals surface area (Å²) in [4.78, 5) is 11.2. The smallest absolute Gasteiger partial charge is 0.194 e. The fraction of sp³-hybridized carbons (Fsp3) is 0.250. The Balaban J connectivity index is 2.87. The van der Waals surface area contributed by atoms with Crippen molar-refractivity contribution in [3.05, 3.63) is 41.7 Å². The van der Waals surface area contributed by atoms with Gasteiger partial charge in [-0.1, -0.05) is 18.2 Å². The van der Waals surface area contributed by atoms with Crippen LogP contribution in [0.4, 0.5) is 0 Å². The summed E-state index contributed by atoms with van der Waals surface area (Å²) in [5.74, 6) is 1.07. The predicted molar refractivity (Wildman–Crippen MR) is 56.1 cm³/mol. The van der Waals surface area contributed by atoms with Crippen LogP contribution >= 0.6 is 0 Å². The molecule has 0 amide bonds. The molecule has 0 aliphatic rings. The van der Waals surface area contributed by atoms with E-state index in [-0.39, 0.29) is 5.78 Å². The summed E-state index contributed by atoms with van der Waals surface area (Å²) >= 11 is 0. The van der Waals surface area contributed by atoms with Crippen LogP contribution in [0, 0.1) is 0 Å². The molecule has 0 N–H and O–H groups in total. The highest BCUT2D eigenvalue weighted by molar-refractivity contribution is 5.92. The lowest BCUT2D eigenvalue weighted by Gasteiger charge is -2.08. The van der Waals surface area contributed by atoms with E-state index in [1.807, 2.05) is 44.2 Å². The lowest BCUT2D eigenvalue weighted by Crippen LogP contribution is -2.06. The standard InChI is InChI=1S/C12H14O2/c1-9(2)12(10(3)13)14-11-7-5-4-6-8-11/h4-8H,1-3H3. The first-order valence-electron chi connectivity index (χ1n) is 4.52. The number of Topliss-reactive ketones (excluding diaryl/α,β-unsaturated/α-hetero) is 1. The van der Waals surface area contributed by atoms with Gasteiger partial charge in [-0.15, -0.1) is 0 Å². The number of rotatable bonds is 3. The van der Waals surface area contributed by atoms with Crippen LogP contribution < -0.4 is 4.74 Å². The number of hydrogen-bond acceptors (Lipinski definition) is 2. The van der Waals surface area contributed by atoms with Crippen molar-refractivity contribution in [2.24, 2.45) is 0 Å². The highest BCUT2D eigenvalue weighted by Crippen LogP contribution is 2.15. The Hall–Kier alpha value is -1.57. The number of carbonyl (C=O) groups excluding carboxylic acids is 1. The zero-order chi connectivity index (χ0) is 10.6. The average molecular weight is 190 g/mol. The second-order valence-electron chi connectivity index (χ2n) is 3.30. The third kappa shape index (κ3) is 2.73. The first kappa shape index (κ1) is 10.5. The van der Waals surface area contributed by atoms with Crippen LogP contribution in [0.3, 0.4) is 0 Å². The Morgan fingerprint density at radius 1 is 1.07 bits per heavy atom. The van der Waals surface area contributed by atoms with Crippen LogP contribution in [0.25, 0.3) is 0 Å². The fourth-order valence-corrected chi connectivity index (χ4v) is 1.13. The molecule has 0 saturated carbocycles. The Bertz CT molecular complexity index is 346. The SMILES string of the molecule is CC(=O)C(Oc1ccccc1)=C(C)C. The lowest BCUT2D eigenvalue weighted by atomic mass is 10.2. The topological polar surface area (TPSA) is 26.3 Å². The molecule has 1 aromatic carbocycles. The third-order valence-corrected chi connectivity index (χ3v) is 1.74. The molecular weight excluding hydrogens is 176 g/mol. The van der Waals surface area contributed by atoms with E-state index in [1.54, 1.807) is 0 Å². The summed E-state index contributed by atoms with van der Waals surface area (Å²) in [7, 11) is 0. The fourth-order valence-electron chi connectivity index (χ4n) is 1.13. The summed E-state index contributed by atoms with van der Waals surface area (Å²) in [6.07, 6.45) is 0. The summed E-state index contributed by atoms with van der Waals surface area (Å²) in [6, 6.07) is 9.30. The molecule has 2 nitrogen and oxygen atoms in total. The van der Waals surface area contributed by atoms with Crippen LogP contribution in [-0.2, 0) is 4.79 Å². The van der Waals surface area contributed by atoms with Gasteiger partial charge in [-0.2, -0.15) is 0 Å². The zero-order valence-corrected chi connectivity index (χ0v) is 8.70. The van der Waals surface area contributed by atoms with Gasteiger partial charge in [0.05, 0.1) is 0 Å². The molecule has 14 heavy (non-hydrogen) atoms. The predicted octanol–water partition coefficient (Wildman–Crippen LogP) is 2.95. The minimum absolute atomic E-state index is 0.0474. The van der Waals surface area contributed by atoms with E-state index in [1.165, 1.54) is 6.92 Å². The summed E-state index contributed by atoms with van der Waals surface area (Å²) < 4.78 is 5.47. The number of hydrogen-bond donors (Lipinski definition) is 0. The van der Waals surface area contributed by atoms with Crippen molar-refractivity contribution in [3.8, 4) is 5.75 Å². The highest BCUT2D eigenvalue weighted by Gasteiger charge is 2.07. The van der Waals surface area contributed by atoms with Gasteiger partial charge in [-0.05, 0) is 31.6 Å². The van der Waals surface area contributed by atoms with E-state index >= 15 is 0 Å². The Labute approximate surface area is 84.2 Å². The monoisotopic (exact) mass is 190 g/mol. The van der Waals surface area contributed by atoms with Gasteiger partial charge in [0, 0.05) is 6.92 Å². The van der Waals surface area contributed by atoms with Gasteiger partial charge in [0.15, 0.2) is 11.5 Å². The Morgan fingerprint density at radius 2 is 1.64 bits per heavy atom. The molecule has 0 fully saturated rings. The molecule has 1 aromatic rings. The second-order valence-corrected chi connectivity index (χ2v) is 3.30. The maximum absolute atomic E-state index is 11.2. The van der Waals surface area contributed by atoms with Crippen LogP contribution in [0.5, 0.6) is 5.75 Å². The molecule has 0 aliphatic carbocycles. The van der Waals surface area contributed by atoms with E-state index in [4.69, 9.17) is 4.74 Å². The van der Waals surface area contributed by atoms with Crippen molar-refractivity contribution < 1.29 is 9.53 Å². The van der Waals surface area contributed by atoms with E-state index in [9.17, 15) is 4.79 Å². The molecule has 2 heteroatoms. The Morgan fingerprint density at radius 3 is 2.07 bits per heavy atom. The van der Waals surface area contributed by atoms with Gasteiger partial charge >= 0.3 is 0 Å². The van der Waals surface area contributed by atoms with Gasteiger partial charge in [0.1, 0.15) is 5.75 Å². The van der Waals surface area contributed by atoms with Crippen molar-refractivity contribution >= 4 is 5.78 Å². The largest absolute Gasteiger partial charge is 0.454 e. The van der Waals surface area contributed by atoms with E-state index < -0.39 is 0 Å². The number of ketones is 1. The van der Waals surface area contributed by atoms with Crippen LogP contribution in [0.2, 0.25) is 0 Å². The van der Waals surface area contributed by atoms with Gasteiger partial charge in [-0.3, -0.25) is 4.79 Å². The van der Waals surface area contributed by atoms with Crippen molar-refractivity contribution in [1.29, 1.82) is 0 Å². The quantitative estimate of drug-likeness (QED) is 0.541. The molecule has 0 aliphatic heterocycles. The van der Waals surface area contributed by atoms with E-state index in [2.05, 4.69) is 0 Å². The van der Waals surface area contributed by atoms with Crippen molar-refractivity contribution in [2.75, 3.05) is 0 Å². The first-order valence-corrected chi connectivity index (χ1v) is 4.52. The van der Waals surface area contributed by atoms with Crippen molar-refractivity contribution in [2.45, 2.75) is 20.8 Å². The first-order chi connectivity index (χ1) is 6.61. The number of benzene rings is 1. The van der Waals surface area contributed by atoms with Gasteiger partial charge in [0.2, 0.25) is 0 Å². The average Bonchev–Trinajstić information content (AvgIpc) is 2.15. The molecule has 0 atom stereocenters. The molecule has 1 rings (SSSR count). The summed E-state index contributed by atoms with van der Waals surface area (Å²) in [6.45, 7) is 5.23. The van der Waals surface area contributed by atoms with Crippen LogP contribution in [0.1, 0.15) is 20.8 Å². The molecule has 0 saturated heterocycles. The molecule has 0 aromatic heterocycles. The van der Waals surface area contributed by atoms with Gasteiger partial charge < -0.3 is 4.74 Å². The number of allylic oxidation sites excluding steroid dienone is 2. The zero-order valence-electron chi connectivity index (χ0n) is 8.70. The minimum Gasteiger partial charge on any atom is -0.454 e. The van der Waals surface area contributed by atoms with Gasteiger partial charge in [0.25, 0.3) is 0 Å². The molecular formula is C12H14O2. The van der Waals surface area contributed by atoms with Crippen molar-refractivity contribution in [3.63, 3.8) is 0 Å². The third-order valence-electron chi connectivity index (χ3n) is 1.74.